The molecule has 20 heavy (non-hydrogen) atoms. The summed E-state index contributed by atoms with van der Waals surface area (Å²) in [5.41, 5.74) is -0.438. The van der Waals surface area contributed by atoms with E-state index in [-0.39, 0.29) is 11.4 Å². The highest BCUT2D eigenvalue weighted by Gasteiger charge is 2.24. The Morgan fingerprint density at radius 3 is 2.65 bits per heavy atom. The van der Waals surface area contributed by atoms with Crippen molar-refractivity contribution >= 4 is 43.0 Å². The Morgan fingerprint density at radius 2 is 2.05 bits per heavy atom. The Labute approximate surface area is 127 Å². The molecule has 1 aromatic heterocycles. The van der Waals surface area contributed by atoms with Crippen LogP contribution in [0.15, 0.2) is 45.1 Å². The normalized spacial score (nSPS) is 11.4. The molecule has 0 saturated heterocycles. The summed E-state index contributed by atoms with van der Waals surface area (Å²) in [6.07, 6.45) is 0. The van der Waals surface area contributed by atoms with Crippen LogP contribution in [0.25, 0.3) is 0 Å². The van der Waals surface area contributed by atoms with Crippen LogP contribution in [0.4, 0.5) is 5.69 Å². The van der Waals surface area contributed by atoms with Gasteiger partial charge in [0, 0.05) is 27.3 Å². The van der Waals surface area contributed by atoms with E-state index in [1.165, 1.54) is 29.5 Å². The molecule has 0 atom stereocenters. The average molecular weight is 377 g/mol. The van der Waals surface area contributed by atoms with E-state index in [1.807, 2.05) is 5.38 Å². The number of nitro groups is 1. The molecule has 0 unspecified atom stereocenters. The highest BCUT2D eigenvalue weighted by Crippen LogP contribution is 2.24. The maximum Gasteiger partial charge on any atom is 0.289 e. The molecule has 6 nitrogen and oxygen atoms in total. The van der Waals surface area contributed by atoms with Crippen LogP contribution in [-0.4, -0.2) is 13.3 Å². The number of nitrogens with one attached hydrogen (secondary N) is 1. The SMILES string of the molecule is O=[N+]([O-])c1ccccc1S(=O)(=O)NCc1cc(Br)cs1. The fourth-order valence-corrected chi connectivity index (χ4v) is 4.18. The summed E-state index contributed by atoms with van der Waals surface area (Å²) >= 11 is 4.66. The molecule has 0 aliphatic heterocycles. The zero-order valence-electron chi connectivity index (χ0n) is 9.95. The second kappa shape index (κ2) is 6.00. The van der Waals surface area contributed by atoms with Gasteiger partial charge in [-0.05, 0) is 28.1 Å². The molecule has 1 N–H and O–H groups in total. The van der Waals surface area contributed by atoms with Crippen molar-refractivity contribution in [1.82, 2.24) is 4.72 Å². The van der Waals surface area contributed by atoms with E-state index in [4.69, 9.17) is 0 Å². The summed E-state index contributed by atoms with van der Waals surface area (Å²) in [5, 5.41) is 12.7. The van der Waals surface area contributed by atoms with Gasteiger partial charge in [0.2, 0.25) is 10.0 Å². The number of hydrogen-bond donors (Lipinski definition) is 1. The largest absolute Gasteiger partial charge is 0.289 e. The van der Waals surface area contributed by atoms with Gasteiger partial charge >= 0.3 is 0 Å². The number of thiophene rings is 1. The summed E-state index contributed by atoms with van der Waals surface area (Å²) in [6, 6.07) is 7.03. The molecule has 0 radical (unpaired) electrons. The number of rotatable bonds is 5. The van der Waals surface area contributed by atoms with Crippen LogP contribution >= 0.6 is 27.3 Å². The molecule has 0 fully saturated rings. The van der Waals surface area contributed by atoms with Gasteiger partial charge in [-0.2, -0.15) is 0 Å². The molecule has 0 aliphatic carbocycles. The highest BCUT2D eigenvalue weighted by molar-refractivity contribution is 9.10. The fourth-order valence-electron chi connectivity index (χ4n) is 1.53. The van der Waals surface area contributed by atoms with Crippen LogP contribution in [0.2, 0.25) is 0 Å². The minimum atomic E-state index is -3.93. The number of nitrogens with zero attached hydrogens (tertiary/aromatic N) is 1. The Kier molecular flexibility index (Phi) is 4.53. The van der Waals surface area contributed by atoms with E-state index in [0.717, 1.165) is 15.4 Å². The standard InChI is InChI=1S/C11H9BrN2O4S2/c12-8-5-9(19-7-8)6-13-20(17,18)11-4-2-1-3-10(11)14(15)16/h1-5,7,13H,6H2. The summed E-state index contributed by atoms with van der Waals surface area (Å²) in [5.74, 6) is 0. The van der Waals surface area contributed by atoms with E-state index in [9.17, 15) is 18.5 Å². The predicted octanol–water partition coefficient (Wildman–Crippen LogP) is 2.90. The first-order chi connectivity index (χ1) is 9.40. The molecule has 2 rings (SSSR count). The molecule has 1 heterocycles. The average Bonchev–Trinajstić information content (AvgIpc) is 2.82. The van der Waals surface area contributed by atoms with Crippen molar-refractivity contribution in [2.24, 2.45) is 0 Å². The lowest BCUT2D eigenvalue weighted by Crippen LogP contribution is -2.23. The molecule has 2 aromatic rings. The summed E-state index contributed by atoms with van der Waals surface area (Å²) in [4.78, 5) is 10.6. The van der Waals surface area contributed by atoms with Gasteiger partial charge in [0.05, 0.1) is 4.92 Å². The van der Waals surface area contributed by atoms with E-state index in [1.54, 1.807) is 6.07 Å². The lowest BCUT2D eigenvalue weighted by Gasteiger charge is -2.06. The van der Waals surface area contributed by atoms with Crippen molar-refractivity contribution in [3.63, 3.8) is 0 Å². The molecule has 106 valence electrons. The third kappa shape index (κ3) is 3.42. The Morgan fingerprint density at radius 1 is 1.35 bits per heavy atom. The second-order valence-electron chi connectivity index (χ2n) is 3.78. The van der Waals surface area contributed by atoms with Crippen molar-refractivity contribution < 1.29 is 13.3 Å². The Bertz CT molecular complexity index is 742. The van der Waals surface area contributed by atoms with Gasteiger partial charge in [0.15, 0.2) is 4.90 Å². The van der Waals surface area contributed by atoms with Gasteiger partial charge in [0.1, 0.15) is 0 Å². The number of halogens is 1. The third-order valence-corrected chi connectivity index (χ3v) is 5.56. The van der Waals surface area contributed by atoms with Gasteiger partial charge in [-0.15, -0.1) is 11.3 Å². The van der Waals surface area contributed by atoms with Gasteiger partial charge < -0.3 is 0 Å². The van der Waals surface area contributed by atoms with E-state index >= 15 is 0 Å². The van der Waals surface area contributed by atoms with Crippen molar-refractivity contribution in [2.75, 3.05) is 0 Å². The second-order valence-corrected chi connectivity index (χ2v) is 7.43. The Hall–Kier alpha value is -1.29. The summed E-state index contributed by atoms with van der Waals surface area (Å²) < 4.78 is 27.5. The van der Waals surface area contributed by atoms with E-state index < -0.39 is 20.6 Å². The van der Waals surface area contributed by atoms with Crippen molar-refractivity contribution in [1.29, 1.82) is 0 Å². The van der Waals surface area contributed by atoms with Crippen LogP contribution in [0.5, 0.6) is 0 Å². The van der Waals surface area contributed by atoms with Crippen LogP contribution < -0.4 is 4.72 Å². The zero-order chi connectivity index (χ0) is 14.8. The number of benzene rings is 1. The molecular formula is C11H9BrN2O4S2. The van der Waals surface area contributed by atoms with Crippen LogP contribution in [-0.2, 0) is 16.6 Å². The first-order valence-corrected chi connectivity index (χ1v) is 8.52. The van der Waals surface area contributed by atoms with Gasteiger partial charge in [-0.25, -0.2) is 13.1 Å². The van der Waals surface area contributed by atoms with E-state index in [2.05, 4.69) is 20.7 Å². The summed E-state index contributed by atoms with van der Waals surface area (Å²) in [7, 11) is -3.93. The lowest BCUT2D eigenvalue weighted by atomic mass is 10.3. The maximum absolute atomic E-state index is 12.1. The number of para-hydroxylation sites is 1. The minimum absolute atomic E-state index is 0.0879. The maximum atomic E-state index is 12.1. The van der Waals surface area contributed by atoms with Crippen molar-refractivity contribution in [2.45, 2.75) is 11.4 Å². The number of sulfonamides is 1. The molecule has 0 aliphatic rings. The molecule has 9 heteroatoms. The van der Waals surface area contributed by atoms with Crippen molar-refractivity contribution in [3.8, 4) is 0 Å². The van der Waals surface area contributed by atoms with Gasteiger partial charge in [0.25, 0.3) is 5.69 Å². The van der Waals surface area contributed by atoms with Crippen molar-refractivity contribution in [3.05, 3.63) is 55.2 Å². The minimum Gasteiger partial charge on any atom is -0.258 e. The summed E-state index contributed by atoms with van der Waals surface area (Å²) in [6.45, 7) is 0.0879. The monoisotopic (exact) mass is 376 g/mol. The van der Waals surface area contributed by atoms with E-state index in [0.29, 0.717) is 0 Å². The molecule has 1 aromatic carbocycles. The van der Waals surface area contributed by atoms with Crippen LogP contribution in [0.1, 0.15) is 4.88 Å². The molecular weight excluding hydrogens is 368 g/mol. The highest BCUT2D eigenvalue weighted by atomic mass is 79.9. The quantitative estimate of drug-likeness (QED) is 0.641. The molecule has 0 saturated carbocycles. The molecule has 0 amide bonds. The topological polar surface area (TPSA) is 89.3 Å². The first-order valence-electron chi connectivity index (χ1n) is 5.36. The fraction of sp³-hybridized carbons (Fsp3) is 0.0909. The lowest BCUT2D eigenvalue weighted by molar-refractivity contribution is -0.387. The van der Waals surface area contributed by atoms with Crippen LogP contribution in [0, 0.1) is 10.1 Å². The molecule has 0 bridgehead atoms. The first kappa shape index (κ1) is 15.1. The van der Waals surface area contributed by atoms with Gasteiger partial charge in [-0.1, -0.05) is 12.1 Å². The van der Waals surface area contributed by atoms with Crippen LogP contribution in [0.3, 0.4) is 0 Å². The third-order valence-electron chi connectivity index (χ3n) is 2.41. The number of nitro benzene ring substituents is 1. The predicted molar refractivity (Wildman–Crippen MR) is 79.1 cm³/mol. The van der Waals surface area contributed by atoms with Gasteiger partial charge in [-0.3, -0.25) is 10.1 Å². The smallest absolute Gasteiger partial charge is 0.258 e. The number of hydrogen-bond acceptors (Lipinski definition) is 5. The zero-order valence-corrected chi connectivity index (χ0v) is 13.2. The molecule has 0 spiro atoms. The Balaban J connectivity index is 2.25.